The first-order chi connectivity index (χ1) is 6.12. The summed E-state index contributed by atoms with van der Waals surface area (Å²) in [7, 11) is 0. The lowest BCUT2D eigenvalue weighted by Gasteiger charge is -2.19. The minimum absolute atomic E-state index is 1.98. The molecule has 0 aromatic heterocycles. The first-order valence-corrected chi connectivity index (χ1v) is 3.13. The Morgan fingerprint density at radius 2 is 1.14 bits per heavy atom. The zero-order chi connectivity index (χ0) is 11.1. The van der Waals surface area contributed by atoms with E-state index in [1.54, 1.807) is 0 Å². The van der Waals surface area contributed by atoms with Gasteiger partial charge in [-0.3, -0.25) is 0 Å². The van der Waals surface area contributed by atoms with Crippen LogP contribution < -0.4 is 0 Å². The normalized spacial score (nSPS) is 28.6. The van der Waals surface area contributed by atoms with Gasteiger partial charge in [0, 0.05) is 0 Å². The number of carbonyl (C=O) groups excluding carboxylic acids is 1. The molecule has 0 N–H and O–H groups in total. The Hall–Kier alpha value is -1.15. The number of hydrogen-bond donors (Lipinski definition) is 0. The highest BCUT2D eigenvalue weighted by molar-refractivity contribution is 5.62. The maximum atomic E-state index is 11.9. The maximum absolute atomic E-state index is 11.9. The van der Waals surface area contributed by atoms with Gasteiger partial charge in [0.2, 0.25) is 12.2 Å². The molecule has 0 aromatic carbocycles. The number of alkyl halides is 6. The third-order valence-electron chi connectivity index (χ3n) is 1.37. The largest absolute Gasteiger partial charge is 0.509 e. The summed E-state index contributed by atoms with van der Waals surface area (Å²) in [6.07, 6.45) is -19.1. The van der Waals surface area contributed by atoms with Gasteiger partial charge >= 0.3 is 18.5 Å². The highest BCUT2D eigenvalue weighted by Gasteiger charge is 2.64. The molecule has 14 heavy (non-hydrogen) atoms. The van der Waals surface area contributed by atoms with Crippen LogP contribution in [0.15, 0.2) is 0 Å². The topological polar surface area (TPSA) is 35.5 Å². The quantitative estimate of drug-likeness (QED) is 0.466. The van der Waals surface area contributed by atoms with E-state index in [-0.39, 0.29) is 0 Å². The number of halogens is 6. The molecule has 1 aliphatic rings. The van der Waals surface area contributed by atoms with Crippen molar-refractivity contribution >= 4 is 6.16 Å². The summed E-state index contributed by atoms with van der Waals surface area (Å²) in [6.45, 7) is 0. The molecule has 3 nitrogen and oxygen atoms in total. The van der Waals surface area contributed by atoms with E-state index < -0.39 is 30.7 Å². The second-order valence-corrected chi connectivity index (χ2v) is 2.41. The number of rotatable bonds is 0. The lowest BCUT2D eigenvalue weighted by molar-refractivity contribution is -0.260. The van der Waals surface area contributed by atoms with Crippen molar-refractivity contribution in [2.75, 3.05) is 0 Å². The molecule has 82 valence electrons. The summed E-state index contributed by atoms with van der Waals surface area (Å²) in [5, 5.41) is 0. The van der Waals surface area contributed by atoms with Gasteiger partial charge in [0.1, 0.15) is 0 Å². The lowest BCUT2D eigenvalue weighted by Crippen LogP contribution is -2.45. The van der Waals surface area contributed by atoms with Gasteiger partial charge in [0.05, 0.1) is 0 Å². The Morgan fingerprint density at radius 3 is 1.36 bits per heavy atom. The number of ether oxygens (including phenoxy) is 2. The molecule has 0 radical (unpaired) electrons. The van der Waals surface area contributed by atoms with Crippen LogP contribution in [0.2, 0.25) is 0 Å². The van der Waals surface area contributed by atoms with Crippen molar-refractivity contribution in [3.8, 4) is 0 Å². The van der Waals surface area contributed by atoms with Crippen LogP contribution in [0.1, 0.15) is 0 Å². The highest BCUT2D eigenvalue weighted by atomic mass is 19.4. The van der Waals surface area contributed by atoms with Crippen molar-refractivity contribution < 1.29 is 40.6 Å². The molecule has 0 aromatic rings. The Balaban J connectivity index is 2.89. The summed E-state index contributed by atoms with van der Waals surface area (Å²) in [5.41, 5.74) is 0. The van der Waals surface area contributed by atoms with Crippen LogP contribution in [-0.4, -0.2) is 30.7 Å². The van der Waals surface area contributed by atoms with Crippen LogP contribution in [-0.2, 0) is 9.47 Å². The van der Waals surface area contributed by atoms with E-state index in [1.807, 2.05) is 0 Å². The van der Waals surface area contributed by atoms with Crippen molar-refractivity contribution in [1.29, 1.82) is 0 Å². The molecule has 0 spiro atoms. The molecule has 2 atom stereocenters. The summed E-state index contributed by atoms with van der Waals surface area (Å²) in [4.78, 5) is 10.1. The van der Waals surface area contributed by atoms with Gasteiger partial charge in [0.15, 0.2) is 0 Å². The maximum Gasteiger partial charge on any atom is 0.509 e. The molecule has 2 unspecified atom stereocenters. The van der Waals surface area contributed by atoms with E-state index in [9.17, 15) is 31.1 Å². The van der Waals surface area contributed by atoms with Gasteiger partial charge in [-0.1, -0.05) is 0 Å². The summed E-state index contributed by atoms with van der Waals surface area (Å²) in [6, 6.07) is 0. The van der Waals surface area contributed by atoms with Crippen LogP contribution in [0, 0.1) is 0 Å². The van der Waals surface area contributed by atoms with Crippen LogP contribution in [0.5, 0.6) is 0 Å². The Morgan fingerprint density at radius 1 is 0.857 bits per heavy atom. The molecular formula is C5H2F6O3. The molecule has 1 heterocycles. The van der Waals surface area contributed by atoms with E-state index in [0.717, 1.165) is 0 Å². The zero-order valence-electron chi connectivity index (χ0n) is 6.15. The SMILES string of the molecule is O=C1OC(C(F)(F)F)C(C(F)(F)F)O1. The predicted octanol–water partition coefficient (Wildman–Crippen LogP) is 2.02. The number of hydrogen-bond acceptors (Lipinski definition) is 3. The fourth-order valence-electron chi connectivity index (χ4n) is 0.836. The Bertz CT molecular complexity index is 219. The zero-order valence-corrected chi connectivity index (χ0v) is 6.15. The van der Waals surface area contributed by atoms with Crippen molar-refractivity contribution in [2.45, 2.75) is 24.6 Å². The van der Waals surface area contributed by atoms with E-state index in [2.05, 4.69) is 9.47 Å². The van der Waals surface area contributed by atoms with Crippen molar-refractivity contribution in [1.82, 2.24) is 0 Å². The van der Waals surface area contributed by atoms with E-state index in [1.165, 1.54) is 0 Å². The second kappa shape index (κ2) is 2.92. The van der Waals surface area contributed by atoms with E-state index >= 15 is 0 Å². The first-order valence-electron chi connectivity index (χ1n) is 3.13. The smallest absolute Gasteiger partial charge is 0.417 e. The lowest BCUT2D eigenvalue weighted by atomic mass is 10.2. The Kier molecular flexibility index (Phi) is 2.28. The fourth-order valence-corrected chi connectivity index (χ4v) is 0.836. The predicted molar refractivity (Wildman–Crippen MR) is 27.3 cm³/mol. The summed E-state index contributed by atoms with van der Waals surface area (Å²) < 4.78 is 77.9. The average molecular weight is 224 g/mol. The number of cyclic esters (lactones) is 2. The molecule has 9 heteroatoms. The van der Waals surface area contributed by atoms with Crippen molar-refractivity contribution in [3.63, 3.8) is 0 Å². The minimum Gasteiger partial charge on any atom is -0.417 e. The monoisotopic (exact) mass is 224 g/mol. The molecule has 1 aliphatic heterocycles. The van der Waals surface area contributed by atoms with E-state index in [4.69, 9.17) is 0 Å². The Labute approximate surface area is 72.6 Å². The van der Waals surface area contributed by atoms with Crippen LogP contribution in [0.25, 0.3) is 0 Å². The number of carbonyl (C=O) groups is 1. The molecule has 0 amide bonds. The van der Waals surface area contributed by atoms with Gasteiger partial charge in [0.25, 0.3) is 0 Å². The third-order valence-corrected chi connectivity index (χ3v) is 1.37. The third kappa shape index (κ3) is 2.02. The molecule has 1 rings (SSSR count). The summed E-state index contributed by atoms with van der Waals surface area (Å²) >= 11 is 0. The standard InChI is InChI=1S/C5H2F6O3/c6-4(7,8)1-2(5(9,10)11)14-3(12)13-1/h1-2H. The van der Waals surface area contributed by atoms with Crippen LogP contribution in [0.3, 0.4) is 0 Å². The van der Waals surface area contributed by atoms with Crippen LogP contribution >= 0.6 is 0 Å². The van der Waals surface area contributed by atoms with Gasteiger partial charge in [-0.15, -0.1) is 0 Å². The molecule has 0 bridgehead atoms. The van der Waals surface area contributed by atoms with Gasteiger partial charge < -0.3 is 9.47 Å². The average Bonchev–Trinajstić information content (AvgIpc) is 2.27. The minimum atomic E-state index is -5.30. The molecular weight excluding hydrogens is 222 g/mol. The fraction of sp³-hybridized carbons (Fsp3) is 0.800. The summed E-state index contributed by atoms with van der Waals surface area (Å²) in [5.74, 6) is 0. The van der Waals surface area contributed by atoms with E-state index in [0.29, 0.717) is 0 Å². The molecule has 0 aliphatic carbocycles. The van der Waals surface area contributed by atoms with Crippen molar-refractivity contribution in [2.24, 2.45) is 0 Å². The molecule has 1 saturated heterocycles. The highest BCUT2D eigenvalue weighted by Crippen LogP contribution is 2.38. The second-order valence-electron chi connectivity index (χ2n) is 2.41. The van der Waals surface area contributed by atoms with Gasteiger partial charge in [-0.2, -0.15) is 26.3 Å². The first kappa shape index (κ1) is 10.9. The van der Waals surface area contributed by atoms with Crippen molar-refractivity contribution in [3.05, 3.63) is 0 Å². The van der Waals surface area contributed by atoms with Gasteiger partial charge in [-0.25, -0.2) is 4.79 Å². The van der Waals surface area contributed by atoms with Crippen LogP contribution in [0.4, 0.5) is 31.1 Å². The molecule has 0 saturated carbocycles. The molecule has 1 fully saturated rings. The van der Waals surface area contributed by atoms with Gasteiger partial charge in [-0.05, 0) is 0 Å².